The van der Waals surface area contributed by atoms with Crippen molar-refractivity contribution < 1.29 is 4.42 Å². The molecule has 0 saturated carbocycles. The monoisotopic (exact) mass is 316 g/mol. The largest absolute Gasteiger partial charge is 0.425 e. The van der Waals surface area contributed by atoms with Crippen LogP contribution in [0.25, 0.3) is 10.8 Å². The van der Waals surface area contributed by atoms with E-state index in [0.717, 1.165) is 9.86 Å². The fraction of sp³-hybridized carbons (Fsp3) is 0.100. The number of halogens is 2. The van der Waals surface area contributed by atoms with Gasteiger partial charge in [-0.05, 0) is 22.0 Å². The maximum Gasteiger partial charge on any atom is 0.343 e. The van der Waals surface area contributed by atoms with Crippen molar-refractivity contribution in [3.05, 3.63) is 44.9 Å². The Hall–Kier alpha value is -0.610. The highest BCUT2D eigenvalue weighted by Gasteiger charge is 2.09. The minimum absolute atomic E-state index is 0.293. The summed E-state index contributed by atoms with van der Waals surface area (Å²) in [4.78, 5) is 11.5. The number of rotatable bonds is 1. The zero-order valence-corrected chi connectivity index (χ0v) is 10.3. The van der Waals surface area contributed by atoms with Crippen molar-refractivity contribution in [3.8, 4) is 0 Å². The lowest BCUT2D eigenvalue weighted by molar-refractivity contribution is 0.482. The topological polar surface area (TPSA) is 30.2 Å². The SMILES string of the molecule is O=c1oc(CBr)c(Br)c2ccccc12. The molecule has 1 aromatic heterocycles. The molecule has 72 valence electrons. The number of fused-ring (bicyclic) bond motifs is 1. The highest BCUT2D eigenvalue weighted by molar-refractivity contribution is 9.11. The predicted molar refractivity (Wildman–Crippen MR) is 62.8 cm³/mol. The van der Waals surface area contributed by atoms with E-state index in [9.17, 15) is 4.79 Å². The van der Waals surface area contributed by atoms with Gasteiger partial charge in [0.15, 0.2) is 0 Å². The third-order valence-electron chi connectivity index (χ3n) is 1.97. The lowest BCUT2D eigenvalue weighted by Crippen LogP contribution is -2.02. The van der Waals surface area contributed by atoms with Gasteiger partial charge in [-0.15, -0.1) is 0 Å². The van der Waals surface area contributed by atoms with E-state index in [2.05, 4.69) is 31.9 Å². The summed E-state index contributed by atoms with van der Waals surface area (Å²) < 4.78 is 5.96. The number of hydrogen-bond donors (Lipinski definition) is 0. The first kappa shape index (κ1) is 9.93. The van der Waals surface area contributed by atoms with E-state index >= 15 is 0 Å². The van der Waals surface area contributed by atoms with E-state index < -0.39 is 0 Å². The average molecular weight is 318 g/mol. The van der Waals surface area contributed by atoms with Gasteiger partial charge in [0.1, 0.15) is 5.76 Å². The van der Waals surface area contributed by atoms with Crippen LogP contribution >= 0.6 is 31.9 Å². The van der Waals surface area contributed by atoms with Gasteiger partial charge in [-0.2, -0.15) is 0 Å². The third kappa shape index (κ3) is 1.53. The molecular formula is C10H6Br2O2. The normalized spacial score (nSPS) is 10.7. The first-order chi connectivity index (χ1) is 6.74. The van der Waals surface area contributed by atoms with E-state index in [0.29, 0.717) is 16.5 Å². The van der Waals surface area contributed by atoms with Crippen molar-refractivity contribution in [3.63, 3.8) is 0 Å². The summed E-state index contributed by atoms with van der Waals surface area (Å²) in [6.45, 7) is 0. The first-order valence-corrected chi connectivity index (χ1v) is 5.91. The van der Waals surface area contributed by atoms with E-state index in [1.807, 2.05) is 18.2 Å². The van der Waals surface area contributed by atoms with E-state index in [1.54, 1.807) is 6.07 Å². The zero-order valence-electron chi connectivity index (χ0n) is 7.09. The van der Waals surface area contributed by atoms with Crippen molar-refractivity contribution in [1.82, 2.24) is 0 Å². The summed E-state index contributed by atoms with van der Waals surface area (Å²) in [6, 6.07) is 7.36. The molecule has 4 heteroatoms. The number of alkyl halides is 1. The molecule has 0 aliphatic heterocycles. The van der Waals surface area contributed by atoms with Crippen LogP contribution in [0, 0.1) is 0 Å². The Morgan fingerprint density at radius 3 is 2.50 bits per heavy atom. The van der Waals surface area contributed by atoms with Gasteiger partial charge in [0, 0.05) is 5.39 Å². The molecule has 0 saturated heterocycles. The Labute approximate surface area is 97.2 Å². The standard InChI is InChI=1S/C10H6Br2O2/c11-5-8-9(12)6-3-1-2-4-7(6)10(13)14-8/h1-4H,5H2. The molecular weight excluding hydrogens is 312 g/mol. The van der Waals surface area contributed by atoms with Crippen molar-refractivity contribution in [2.24, 2.45) is 0 Å². The first-order valence-electron chi connectivity index (χ1n) is 4.00. The van der Waals surface area contributed by atoms with Crippen molar-refractivity contribution in [2.75, 3.05) is 0 Å². The molecule has 0 aliphatic rings. The molecule has 0 atom stereocenters. The van der Waals surface area contributed by atoms with Crippen molar-refractivity contribution >= 4 is 42.6 Å². The van der Waals surface area contributed by atoms with Crippen LogP contribution in [0.2, 0.25) is 0 Å². The fourth-order valence-corrected chi connectivity index (χ4v) is 2.64. The molecule has 14 heavy (non-hydrogen) atoms. The van der Waals surface area contributed by atoms with Crippen LogP contribution in [0.15, 0.2) is 37.9 Å². The predicted octanol–water partition coefficient (Wildman–Crippen LogP) is 3.45. The van der Waals surface area contributed by atoms with E-state index in [1.165, 1.54) is 0 Å². The summed E-state index contributed by atoms with van der Waals surface area (Å²) in [5.74, 6) is 0.619. The Bertz CT molecular complexity index is 531. The molecule has 2 rings (SSSR count). The Balaban J connectivity index is 2.95. The molecule has 0 N–H and O–H groups in total. The highest BCUT2D eigenvalue weighted by Crippen LogP contribution is 2.26. The summed E-state index contributed by atoms with van der Waals surface area (Å²) in [5.41, 5.74) is -0.293. The maximum atomic E-state index is 11.5. The minimum Gasteiger partial charge on any atom is -0.425 e. The van der Waals surface area contributed by atoms with Gasteiger partial charge >= 0.3 is 5.63 Å². The Kier molecular flexibility index (Phi) is 2.74. The van der Waals surface area contributed by atoms with Gasteiger partial charge < -0.3 is 4.42 Å². The summed E-state index contributed by atoms with van der Waals surface area (Å²) in [7, 11) is 0. The van der Waals surface area contributed by atoms with Crippen LogP contribution < -0.4 is 5.63 Å². The molecule has 0 amide bonds. The minimum atomic E-state index is -0.293. The van der Waals surface area contributed by atoms with Gasteiger partial charge in [-0.3, -0.25) is 0 Å². The lowest BCUT2D eigenvalue weighted by atomic mass is 10.2. The summed E-state index contributed by atoms with van der Waals surface area (Å²) >= 11 is 6.68. The molecule has 2 aromatic rings. The second kappa shape index (κ2) is 3.87. The average Bonchev–Trinajstić information content (AvgIpc) is 2.23. The van der Waals surface area contributed by atoms with Gasteiger partial charge in [0.2, 0.25) is 0 Å². The van der Waals surface area contributed by atoms with Crippen LogP contribution in [-0.2, 0) is 5.33 Å². The Morgan fingerprint density at radius 1 is 1.21 bits per heavy atom. The van der Waals surface area contributed by atoms with Gasteiger partial charge in [-0.1, -0.05) is 34.1 Å². The summed E-state index contributed by atoms with van der Waals surface area (Å²) in [5, 5.41) is 2.01. The number of benzene rings is 1. The van der Waals surface area contributed by atoms with Crippen molar-refractivity contribution in [2.45, 2.75) is 5.33 Å². The Morgan fingerprint density at radius 2 is 1.86 bits per heavy atom. The van der Waals surface area contributed by atoms with Crippen LogP contribution in [-0.4, -0.2) is 0 Å². The van der Waals surface area contributed by atoms with Gasteiger partial charge in [0.25, 0.3) is 0 Å². The second-order valence-corrected chi connectivity index (χ2v) is 4.16. The number of hydrogen-bond acceptors (Lipinski definition) is 2. The van der Waals surface area contributed by atoms with Crippen LogP contribution in [0.5, 0.6) is 0 Å². The quantitative estimate of drug-likeness (QED) is 0.754. The zero-order chi connectivity index (χ0) is 10.1. The van der Waals surface area contributed by atoms with E-state index in [-0.39, 0.29) is 5.63 Å². The molecule has 0 unspecified atom stereocenters. The van der Waals surface area contributed by atoms with Crippen LogP contribution in [0.4, 0.5) is 0 Å². The molecule has 0 fully saturated rings. The molecule has 0 spiro atoms. The molecule has 0 bridgehead atoms. The molecule has 1 aromatic carbocycles. The molecule has 1 heterocycles. The smallest absolute Gasteiger partial charge is 0.343 e. The van der Waals surface area contributed by atoms with Gasteiger partial charge in [0.05, 0.1) is 15.2 Å². The molecule has 0 aliphatic carbocycles. The van der Waals surface area contributed by atoms with Crippen LogP contribution in [0.1, 0.15) is 5.76 Å². The molecule has 2 nitrogen and oxygen atoms in total. The van der Waals surface area contributed by atoms with Crippen molar-refractivity contribution in [1.29, 1.82) is 0 Å². The highest BCUT2D eigenvalue weighted by atomic mass is 79.9. The lowest BCUT2D eigenvalue weighted by Gasteiger charge is -2.02. The summed E-state index contributed by atoms with van der Waals surface area (Å²) in [6.07, 6.45) is 0. The second-order valence-electron chi connectivity index (χ2n) is 2.81. The van der Waals surface area contributed by atoms with Gasteiger partial charge in [-0.25, -0.2) is 4.79 Å². The van der Waals surface area contributed by atoms with Crippen LogP contribution in [0.3, 0.4) is 0 Å². The van der Waals surface area contributed by atoms with E-state index in [4.69, 9.17) is 4.42 Å². The fourth-order valence-electron chi connectivity index (χ4n) is 1.30. The maximum absolute atomic E-state index is 11.5. The third-order valence-corrected chi connectivity index (χ3v) is 3.34. The molecule has 0 radical (unpaired) electrons.